The van der Waals surface area contributed by atoms with Crippen LogP contribution < -0.4 is 0 Å². The van der Waals surface area contributed by atoms with Gasteiger partial charge in [0.25, 0.3) is 0 Å². The molecule has 0 aliphatic heterocycles. The van der Waals surface area contributed by atoms with E-state index in [0.717, 1.165) is 25.7 Å². The van der Waals surface area contributed by atoms with E-state index in [1.807, 2.05) is 0 Å². The molecule has 5 nitrogen and oxygen atoms in total. The van der Waals surface area contributed by atoms with E-state index >= 15 is 0 Å². The van der Waals surface area contributed by atoms with Gasteiger partial charge in [-0.1, -0.05) is 33.1 Å². The van der Waals surface area contributed by atoms with Crippen molar-refractivity contribution in [3.8, 4) is 0 Å². The Morgan fingerprint density at radius 2 is 1.94 bits per heavy atom. The first-order valence-electron chi connectivity index (χ1n) is 6.69. The third-order valence-corrected chi connectivity index (χ3v) is 2.74. The third kappa shape index (κ3) is 10.5. The maximum Gasteiger partial charge on any atom is 0.308 e. The molecule has 0 amide bonds. The van der Waals surface area contributed by atoms with Crippen molar-refractivity contribution in [3.63, 3.8) is 0 Å². The van der Waals surface area contributed by atoms with Crippen molar-refractivity contribution in [2.45, 2.75) is 52.2 Å². The normalized spacial score (nSPS) is 12.7. The summed E-state index contributed by atoms with van der Waals surface area (Å²) in [5, 5.41) is 17.0. The van der Waals surface area contributed by atoms with Crippen LogP contribution in [0.15, 0.2) is 0 Å². The predicted octanol–water partition coefficient (Wildman–Crippen LogP) is 1.46. The first-order chi connectivity index (χ1) is 8.60. The van der Waals surface area contributed by atoms with E-state index in [-0.39, 0.29) is 25.6 Å². The molecule has 0 radical (unpaired) electrons. The van der Waals surface area contributed by atoms with Crippen molar-refractivity contribution in [1.82, 2.24) is 0 Å². The highest BCUT2D eigenvalue weighted by molar-refractivity contribution is 5.69. The second kappa shape index (κ2) is 11.4. The summed E-state index contributed by atoms with van der Waals surface area (Å²) in [6, 6.07) is 0. The molecular weight excluding hydrogens is 236 g/mol. The molecule has 0 aromatic heterocycles. The van der Waals surface area contributed by atoms with E-state index in [2.05, 4.69) is 13.8 Å². The van der Waals surface area contributed by atoms with Crippen LogP contribution in [-0.4, -0.2) is 42.3 Å². The molecule has 0 fully saturated rings. The lowest BCUT2D eigenvalue weighted by Gasteiger charge is -2.14. The van der Waals surface area contributed by atoms with Crippen molar-refractivity contribution in [2.75, 3.05) is 19.8 Å². The van der Waals surface area contributed by atoms with Crippen molar-refractivity contribution in [3.05, 3.63) is 0 Å². The summed E-state index contributed by atoms with van der Waals surface area (Å²) in [4.78, 5) is 11.4. The highest BCUT2D eigenvalue weighted by Crippen LogP contribution is 2.13. The van der Waals surface area contributed by atoms with Gasteiger partial charge in [0.05, 0.1) is 26.2 Å². The number of rotatable bonds is 11. The maximum absolute atomic E-state index is 11.4. The summed E-state index contributed by atoms with van der Waals surface area (Å²) < 4.78 is 10.0. The average Bonchev–Trinajstić information content (AvgIpc) is 2.34. The summed E-state index contributed by atoms with van der Waals surface area (Å²) in [5.74, 6) is 0.145. The largest absolute Gasteiger partial charge is 0.465 e. The molecule has 18 heavy (non-hydrogen) atoms. The summed E-state index contributed by atoms with van der Waals surface area (Å²) in [6.45, 7) is 4.69. The van der Waals surface area contributed by atoms with Gasteiger partial charge in [0.15, 0.2) is 6.29 Å². The van der Waals surface area contributed by atoms with Crippen LogP contribution in [0.1, 0.15) is 46.0 Å². The van der Waals surface area contributed by atoms with Gasteiger partial charge in [-0.25, -0.2) is 0 Å². The summed E-state index contributed by atoms with van der Waals surface area (Å²) >= 11 is 0. The van der Waals surface area contributed by atoms with Gasteiger partial charge in [0, 0.05) is 0 Å². The Morgan fingerprint density at radius 3 is 2.50 bits per heavy atom. The number of carbonyl (C=O) groups excluding carboxylic acids is 1. The van der Waals surface area contributed by atoms with Crippen LogP contribution in [0, 0.1) is 5.92 Å². The monoisotopic (exact) mass is 262 g/mol. The van der Waals surface area contributed by atoms with Crippen molar-refractivity contribution in [1.29, 1.82) is 0 Å². The van der Waals surface area contributed by atoms with Gasteiger partial charge in [-0.3, -0.25) is 4.79 Å². The number of aliphatic hydroxyl groups excluding tert-OH is 1. The van der Waals surface area contributed by atoms with Crippen LogP contribution in [-0.2, 0) is 14.3 Å². The fraction of sp³-hybridized carbons (Fsp3) is 0.923. The van der Waals surface area contributed by atoms with Gasteiger partial charge in [-0.15, -0.1) is 0 Å². The number of unbranched alkanes of at least 4 members (excludes halogenated alkanes) is 1. The second-order valence-corrected chi connectivity index (χ2v) is 4.41. The lowest BCUT2D eigenvalue weighted by atomic mass is 10.0. The van der Waals surface area contributed by atoms with Gasteiger partial charge in [0.2, 0.25) is 0 Å². The Hall–Kier alpha value is -0.650. The van der Waals surface area contributed by atoms with Crippen LogP contribution in [0.3, 0.4) is 0 Å². The zero-order chi connectivity index (χ0) is 13.8. The number of aliphatic hydroxyl groups is 2. The Labute approximate surface area is 109 Å². The fourth-order valence-corrected chi connectivity index (χ4v) is 1.53. The first kappa shape index (κ1) is 17.4. The molecule has 1 unspecified atom stereocenters. The van der Waals surface area contributed by atoms with Gasteiger partial charge in [-0.05, 0) is 12.3 Å². The molecule has 0 bridgehead atoms. The van der Waals surface area contributed by atoms with Crippen LogP contribution in [0.2, 0.25) is 0 Å². The molecule has 108 valence electrons. The fourth-order valence-electron chi connectivity index (χ4n) is 1.53. The third-order valence-electron chi connectivity index (χ3n) is 2.74. The number of hydrogen-bond donors (Lipinski definition) is 2. The highest BCUT2D eigenvalue weighted by atomic mass is 16.5. The highest BCUT2D eigenvalue weighted by Gasteiger charge is 2.10. The molecule has 0 rings (SSSR count). The molecule has 0 spiro atoms. The van der Waals surface area contributed by atoms with Crippen LogP contribution in [0.5, 0.6) is 0 Å². The molecule has 5 heteroatoms. The Balaban J connectivity index is 3.55. The van der Waals surface area contributed by atoms with Crippen molar-refractivity contribution in [2.24, 2.45) is 5.92 Å². The standard InChI is InChI=1S/C13H26O5/c1-3-5-6-11(4-2)9-18-13(16)7-8-17-10-12(14)15/h11-12,14-15H,3-10H2,1-2H3. The smallest absolute Gasteiger partial charge is 0.308 e. The van der Waals surface area contributed by atoms with Crippen molar-refractivity contribution >= 4 is 5.97 Å². The zero-order valence-electron chi connectivity index (χ0n) is 11.4. The van der Waals surface area contributed by atoms with E-state index in [1.165, 1.54) is 0 Å². The molecule has 0 saturated carbocycles. The minimum Gasteiger partial charge on any atom is -0.465 e. The Bertz CT molecular complexity index is 206. The van der Waals surface area contributed by atoms with E-state index in [1.54, 1.807) is 0 Å². The average molecular weight is 262 g/mol. The number of esters is 1. The Kier molecular flexibility index (Phi) is 11.0. The second-order valence-electron chi connectivity index (χ2n) is 4.41. The van der Waals surface area contributed by atoms with E-state index < -0.39 is 6.29 Å². The zero-order valence-corrected chi connectivity index (χ0v) is 11.4. The quantitative estimate of drug-likeness (QED) is 0.335. The van der Waals surface area contributed by atoms with Gasteiger partial charge in [0.1, 0.15) is 0 Å². The molecule has 0 aromatic carbocycles. The lowest BCUT2D eigenvalue weighted by molar-refractivity contribution is -0.148. The summed E-state index contributed by atoms with van der Waals surface area (Å²) in [6.07, 6.45) is 3.08. The van der Waals surface area contributed by atoms with E-state index in [0.29, 0.717) is 12.5 Å². The molecular formula is C13H26O5. The van der Waals surface area contributed by atoms with Crippen LogP contribution in [0.25, 0.3) is 0 Å². The molecule has 1 atom stereocenters. The summed E-state index contributed by atoms with van der Waals surface area (Å²) in [5.41, 5.74) is 0. The van der Waals surface area contributed by atoms with Crippen LogP contribution >= 0.6 is 0 Å². The van der Waals surface area contributed by atoms with Crippen LogP contribution in [0.4, 0.5) is 0 Å². The molecule has 0 aromatic rings. The Morgan fingerprint density at radius 1 is 1.22 bits per heavy atom. The number of hydrogen-bond acceptors (Lipinski definition) is 5. The summed E-state index contributed by atoms with van der Waals surface area (Å²) in [7, 11) is 0. The maximum atomic E-state index is 11.4. The molecule has 0 aliphatic carbocycles. The number of carbonyl (C=O) groups is 1. The number of ether oxygens (including phenoxy) is 2. The van der Waals surface area contributed by atoms with Gasteiger partial charge < -0.3 is 19.7 Å². The van der Waals surface area contributed by atoms with Crippen molar-refractivity contribution < 1.29 is 24.5 Å². The first-order valence-corrected chi connectivity index (χ1v) is 6.69. The lowest BCUT2D eigenvalue weighted by Crippen LogP contribution is -2.18. The molecule has 0 saturated heterocycles. The minimum absolute atomic E-state index is 0.150. The predicted molar refractivity (Wildman–Crippen MR) is 67.9 cm³/mol. The van der Waals surface area contributed by atoms with E-state index in [9.17, 15) is 4.79 Å². The van der Waals surface area contributed by atoms with E-state index in [4.69, 9.17) is 19.7 Å². The van der Waals surface area contributed by atoms with Gasteiger partial charge in [-0.2, -0.15) is 0 Å². The topological polar surface area (TPSA) is 76.0 Å². The SMILES string of the molecule is CCCCC(CC)COC(=O)CCOCC(O)O. The molecule has 0 heterocycles. The van der Waals surface area contributed by atoms with Gasteiger partial charge >= 0.3 is 5.97 Å². The minimum atomic E-state index is -1.49. The molecule has 2 N–H and O–H groups in total. The molecule has 0 aliphatic rings.